The lowest BCUT2D eigenvalue weighted by molar-refractivity contribution is 0.729. The number of fused-ring (bicyclic) bond motifs is 1. The van der Waals surface area contributed by atoms with Gasteiger partial charge in [0.1, 0.15) is 0 Å². The van der Waals surface area contributed by atoms with Gasteiger partial charge in [0.15, 0.2) is 0 Å². The van der Waals surface area contributed by atoms with Crippen molar-refractivity contribution < 1.29 is 0 Å². The first-order valence-electron chi connectivity index (χ1n) is 8.47. The van der Waals surface area contributed by atoms with E-state index in [2.05, 4.69) is 71.0 Å². The maximum Gasteiger partial charge on any atom is 0.0780 e. The molecule has 1 heterocycles. The van der Waals surface area contributed by atoms with Crippen LogP contribution in [-0.4, -0.2) is 4.98 Å². The lowest BCUT2D eigenvalue weighted by atomic mass is 9.90. The summed E-state index contributed by atoms with van der Waals surface area (Å²) in [4.78, 5) is 4.70. The molecule has 1 unspecified atom stereocenters. The van der Waals surface area contributed by atoms with Gasteiger partial charge in [-0.25, -0.2) is 0 Å². The summed E-state index contributed by atoms with van der Waals surface area (Å²) >= 11 is 0. The molecule has 0 saturated carbocycles. The summed E-state index contributed by atoms with van der Waals surface area (Å²) in [6.07, 6.45) is 3.10. The molecule has 118 valence electrons. The summed E-state index contributed by atoms with van der Waals surface area (Å²) in [7, 11) is 0. The SMILES string of the molecule is CCC(C)c1cc2ccnc(-c3cc(C)cc(C)c3)c2cc1C. The minimum Gasteiger partial charge on any atom is -0.256 e. The van der Waals surface area contributed by atoms with Gasteiger partial charge in [-0.15, -0.1) is 0 Å². The molecule has 1 heteroatoms. The molecule has 0 aliphatic carbocycles. The molecule has 3 aromatic rings. The Morgan fingerprint density at radius 2 is 1.65 bits per heavy atom. The van der Waals surface area contributed by atoms with Crippen LogP contribution in [0.1, 0.15) is 48.4 Å². The lowest BCUT2D eigenvalue weighted by Gasteiger charge is -2.15. The number of benzene rings is 2. The van der Waals surface area contributed by atoms with Crippen LogP contribution >= 0.6 is 0 Å². The topological polar surface area (TPSA) is 12.9 Å². The molecule has 1 nitrogen and oxygen atoms in total. The van der Waals surface area contributed by atoms with Crippen LogP contribution in [-0.2, 0) is 0 Å². The number of pyridine rings is 1. The van der Waals surface area contributed by atoms with Gasteiger partial charge in [0.25, 0.3) is 0 Å². The summed E-state index contributed by atoms with van der Waals surface area (Å²) < 4.78 is 0. The Hall–Kier alpha value is -2.15. The third-order valence-electron chi connectivity index (χ3n) is 4.79. The fourth-order valence-electron chi connectivity index (χ4n) is 3.44. The highest BCUT2D eigenvalue weighted by Gasteiger charge is 2.12. The van der Waals surface area contributed by atoms with E-state index in [1.165, 1.54) is 45.0 Å². The van der Waals surface area contributed by atoms with Gasteiger partial charge in [-0.3, -0.25) is 4.98 Å². The standard InChI is InChI=1S/C22H25N/c1-6-16(4)20-13-18-7-8-23-22(21(18)12-17(20)5)19-10-14(2)9-15(3)11-19/h7-13,16H,6H2,1-5H3. The largest absolute Gasteiger partial charge is 0.256 e. The second-order valence-corrected chi connectivity index (χ2v) is 6.78. The van der Waals surface area contributed by atoms with Crippen molar-refractivity contribution in [3.05, 3.63) is 64.8 Å². The van der Waals surface area contributed by atoms with Crippen LogP contribution in [0, 0.1) is 20.8 Å². The third kappa shape index (κ3) is 3.01. The molecule has 2 aromatic carbocycles. The van der Waals surface area contributed by atoms with E-state index in [1.807, 2.05) is 6.20 Å². The quantitative estimate of drug-likeness (QED) is 0.550. The average Bonchev–Trinajstić information content (AvgIpc) is 2.52. The number of aromatic nitrogens is 1. The van der Waals surface area contributed by atoms with Crippen molar-refractivity contribution in [1.29, 1.82) is 0 Å². The number of rotatable bonds is 3. The summed E-state index contributed by atoms with van der Waals surface area (Å²) in [6.45, 7) is 11.1. The van der Waals surface area contributed by atoms with Crippen LogP contribution in [0.15, 0.2) is 42.6 Å². The van der Waals surface area contributed by atoms with Crippen LogP contribution in [0.5, 0.6) is 0 Å². The van der Waals surface area contributed by atoms with Crippen molar-refractivity contribution >= 4 is 10.8 Å². The van der Waals surface area contributed by atoms with Crippen molar-refractivity contribution in [3.63, 3.8) is 0 Å². The van der Waals surface area contributed by atoms with Crippen molar-refractivity contribution in [2.45, 2.75) is 47.0 Å². The molecule has 0 saturated heterocycles. The average molecular weight is 303 g/mol. The zero-order chi connectivity index (χ0) is 16.6. The van der Waals surface area contributed by atoms with Gasteiger partial charge in [0.05, 0.1) is 5.69 Å². The van der Waals surface area contributed by atoms with E-state index in [1.54, 1.807) is 0 Å². The van der Waals surface area contributed by atoms with E-state index in [-0.39, 0.29) is 0 Å². The maximum absolute atomic E-state index is 4.70. The van der Waals surface area contributed by atoms with Gasteiger partial charge in [-0.05, 0) is 73.9 Å². The first-order valence-corrected chi connectivity index (χ1v) is 8.47. The van der Waals surface area contributed by atoms with E-state index in [4.69, 9.17) is 4.98 Å². The molecular weight excluding hydrogens is 278 g/mol. The minimum atomic E-state index is 0.595. The summed E-state index contributed by atoms with van der Waals surface area (Å²) in [5, 5.41) is 2.54. The van der Waals surface area contributed by atoms with E-state index < -0.39 is 0 Å². The van der Waals surface area contributed by atoms with E-state index >= 15 is 0 Å². The Bertz CT molecular complexity index is 841. The zero-order valence-electron chi connectivity index (χ0n) is 14.8. The third-order valence-corrected chi connectivity index (χ3v) is 4.79. The van der Waals surface area contributed by atoms with E-state index in [0.717, 1.165) is 5.69 Å². The number of hydrogen-bond acceptors (Lipinski definition) is 1. The lowest BCUT2D eigenvalue weighted by Crippen LogP contribution is -1.97. The Morgan fingerprint density at radius 3 is 2.30 bits per heavy atom. The van der Waals surface area contributed by atoms with Gasteiger partial charge in [0.2, 0.25) is 0 Å². The fraction of sp³-hybridized carbons (Fsp3) is 0.318. The molecule has 0 amide bonds. The summed E-state index contributed by atoms with van der Waals surface area (Å²) in [5.74, 6) is 0.595. The second-order valence-electron chi connectivity index (χ2n) is 6.78. The van der Waals surface area contributed by atoms with Crippen LogP contribution in [0.3, 0.4) is 0 Å². The zero-order valence-corrected chi connectivity index (χ0v) is 14.8. The van der Waals surface area contributed by atoms with Crippen molar-refractivity contribution in [1.82, 2.24) is 4.98 Å². The van der Waals surface area contributed by atoms with Gasteiger partial charge >= 0.3 is 0 Å². The maximum atomic E-state index is 4.70. The van der Waals surface area contributed by atoms with Crippen LogP contribution < -0.4 is 0 Å². The van der Waals surface area contributed by atoms with Crippen LogP contribution in [0.2, 0.25) is 0 Å². The van der Waals surface area contributed by atoms with E-state index in [9.17, 15) is 0 Å². The molecule has 0 aliphatic heterocycles. The minimum absolute atomic E-state index is 0.595. The number of nitrogens with zero attached hydrogens (tertiary/aromatic N) is 1. The van der Waals surface area contributed by atoms with Gasteiger partial charge in [0, 0.05) is 17.1 Å². The Morgan fingerprint density at radius 1 is 0.957 bits per heavy atom. The monoisotopic (exact) mass is 303 g/mol. The Balaban J connectivity index is 2.25. The van der Waals surface area contributed by atoms with E-state index in [0.29, 0.717) is 5.92 Å². The first-order chi connectivity index (χ1) is 11.0. The fourth-order valence-corrected chi connectivity index (χ4v) is 3.44. The predicted molar refractivity (Wildman–Crippen MR) is 100 cm³/mol. The van der Waals surface area contributed by atoms with Gasteiger partial charge in [-0.2, -0.15) is 0 Å². The molecule has 1 aromatic heterocycles. The molecule has 0 aliphatic rings. The molecule has 1 atom stereocenters. The first kappa shape index (κ1) is 15.7. The molecule has 0 radical (unpaired) electrons. The van der Waals surface area contributed by atoms with Crippen LogP contribution in [0.4, 0.5) is 0 Å². The number of hydrogen-bond donors (Lipinski definition) is 0. The highest BCUT2D eigenvalue weighted by atomic mass is 14.7. The smallest absolute Gasteiger partial charge is 0.0780 e. The predicted octanol–water partition coefficient (Wildman–Crippen LogP) is 6.34. The molecule has 0 fully saturated rings. The van der Waals surface area contributed by atoms with Crippen molar-refractivity contribution in [2.75, 3.05) is 0 Å². The normalized spacial score (nSPS) is 12.6. The van der Waals surface area contributed by atoms with Gasteiger partial charge in [-0.1, -0.05) is 37.1 Å². The van der Waals surface area contributed by atoms with Gasteiger partial charge < -0.3 is 0 Å². The molecule has 0 N–H and O–H groups in total. The van der Waals surface area contributed by atoms with Crippen molar-refractivity contribution in [3.8, 4) is 11.3 Å². The molecule has 3 rings (SSSR count). The Kier molecular flexibility index (Phi) is 4.21. The molecule has 0 bridgehead atoms. The van der Waals surface area contributed by atoms with Crippen LogP contribution in [0.25, 0.3) is 22.0 Å². The molecule has 23 heavy (non-hydrogen) atoms. The molecular formula is C22H25N. The molecule has 0 spiro atoms. The number of aryl methyl sites for hydroxylation is 3. The Labute approximate surface area is 139 Å². The second kappa shape index (κ2) is 6.16. The highest BCUT2D eigenvalue weighted by Crippen LogP contribution is 2.32. The summed E-state index contributed by atoms with van der Waals surface area (Å²) in [6, 6.07) is 13.5. The van der Waals surface area contributed by atoms with Crippen molar-refractivity contribution in [2.24, 2.45) is 0 Å². The highest BCUT2D eigenvalue weighted by molar-refractivity contribution is 5.95. The summed E-state index contributed by atoms with van der Waals surface area (Å²) in [5.41, 5.74) is 7.69.